The molecule has 1 aromatic carbocycles. The maximum absolute atomic E-state index is 13.1. The maximum atomic E-state index is 13.1. The van der Waals surface area contributed by atoms with Crippen molar-refractivity contribution < 1.29 is 22.7 Å². The van der Waals surface area contributed by atoms with E-state index in [1.54, 1.807) is 0 Å². The third kappa shape index (κ3) is 2.49. The van der Waals surface area contributed by atoms with Gasteiger partial charge >= 0.3 is 6.18 Å². The quantitative estimate of drug-likeness (QED) is 0.763. The summed E-state index contributed by atoms with van der Waals surface area (Å²) < 4.78 is 50.9. The lowest BCUT2D eigenvalue weighted by atomic mass is 9.84. The van der Waals surface area contributed by atoms with Crippen LogP contribution in [0.15, 0.2) is 18.2 Å². The Bertz CT molecular complexity index is 438. The highest BCUT2D eigenvalue weighted by Gasteiger charge is 2.37. The van der Waals surface area contributed by atoms with Crippen LogP contribution in [0.4, 0.5) is 17.6 Å². The number of hydrogen-bond acceptors (Lipinski definition) is 2. The average molecular weight is 263 g/mol. The Balaban J connectivity index is 2.40. The van der Waals surface area contributed by atoms with Gasteiger partial charge in [-0.1, -0.05) is 6.07 Å². The molecule has 1 saturated heterocycles. The third-order valence-corrected chi connectivity index (χ3v) is 3.24. The smallest absolute Gasteiger partial charge is 0.385 e. The number of aliphatic hydroxyl groups is 1. The topological polar surface area (TPSA) is 32.3 Å². The minimum atomic E-state index is -4.75. The summed E-state index contributed by atoms with van der Waals surface area (Å²) in [4.78, 5) is 0. The molecule has 6 heteroatoms. The number of piperidine rings is 1. The van der Waals surface area contributed by atoms with Gasteiger partial charge in [0.15, 0.2) is 0 Å². The largest absolute Gasteiger partial charge is 0.419 e. The second kappa shape index (κ2) is 4.51. The summed E-state index contributed by atoms with van der Waals surface area (Å²) in [5, 5.41) is 13.3. The van der Waals surface area contributed by atoms with Crippen LogP contribution in [0.25, 0.3) is 0 Å². The number of rotatable bonds is 1. The summed E-state index contributed by atoms with van der Waals surface area (Å²) in [6.07, 6.45) is -4.12. The van der Waals surface area contributed by atoms with Crippen molar-refractivity contribution in [2.45, 2.75) is 24.6 Å². The van der Waals surface area contributed by atoms with E-state index >= 15 is 0 Å². The molecule has 1 fully saturated rings. The van der Waals surface area contributed by atoms with E-state index in [0.29, 0.717) is 32.0 Å². The molecule has 0 aromatic heterocycles. The van der Waals surface area contributed by atoms with Gasteiger partial charge in [-0.05, 0) is 43.6 Å². The van der Waals surface area contributed by atoms with E-state index in [0.717, 1.165) is 6.07 Å². The van der Waals surface area contributed by atoms with E-state index in [1.165, 1.54) is 6.07 Å². The molecule has 0 radical (unpaired) electrons. The van der Waals surface area contributed by atoms with Crippen molar-refractivity contribution in [2.24, 2.45) is 0 Å². The van der Waals surface area contributed by atoms with Gasteiger partial charge in [-0.2, -0.15) is 13.2 Å². The molecule has 0 saturated carbocycles. The fourth-order valence-corrected chi connectivity index (χ4v) is 2.16. The van der Waals surface area contributed by atoms with Crippen molar-refractivity contribution in [3.63, 3.8) is 0 Å². The second-order valence-corrected chi connectivity index (χ2v) is 4.47. The van der Waals surface area contributed by atoms with E-state index in [2.05, 4.69) is 5.32 Å². The molecule has 1 aliphatic heterocycles. The predicted octanol–water partition coefficient (Wildman–Crippen LogP) is 2.42. The van der Waals surface area contributed by atoms with Gasteiger partial charge in [0.25, 0.3) is 0 Å². The number of alkyl halides is 3. The minimum absolute atomic E-state index is 0.123. The van der Waals surface area contributed by atoms with E-state index in [9.17, 15) is 22.7 Å². The standard InChI is InChI=1S/C12H13F4NO/c13-10-2-1-8(7-9(10)12(14,15)16)11(18)3-5-17-6-4-11/h1-2,7,17-18H,3-6H2. The normalized spacial score (nSPS) is 19.8. The molecule has 100 valence electrons. The fraction of sp³-hybridized carbons (Fsp3) is 0.500. The zero-order chi connectivity index (χ0) is 13.4. The molecule has 0 spiro atoms. The Labute approximate surface area is 102 Å². The molecule has 18 heavy (non-hydrogen) atoms. The number of nitrogens with one attached hydrogen (secondary N) is 1. The zero-order valence-electron chi connectivity index (χ0n) is 9.52. The van der Waals surface area contributed by atoms with Gasteiger partial charge in [0.2, 0.25) is 0 Å². The van der Waals surface area contributed by atoms with Crippen molar-refractivity contribution in [1.82, 2.24) is 5.32 Å². The highest BCUT2D eigenvalue weighted by Crippen LogP contribution is 2.36. The summed E-state index contributed by atoms with van der Waals surface area (Å²) >= 11 is 0. The van der Waals surface area contributed by atoms with Crippen LogP contribution in [0.5, 0.6) is 0 Å². The Morgan fingerprint density at radius 3 is 2.33 bits per heavy atom. The van der Waals surface area contributed by atoms with E-state index in [-0.39, 0.29) is 5.56 Å². The number of hydrogen-bond donors (Lipinski definition) is 2. The molecule has 0 amide bonds. The number of benzene rings is 1. The molecular formula is C12H13F4NO. The Morgan fingerprint density at radius 2 is 1.78 bits per heavy atom. The first-order valence-corrected chi connectivity index (χ1v) is 5.63. The lowest BCUT2D eigenvalue weighted by molar-refractivity contribution is -0.140. The van der Waals surface area contributed by atoms with Crippen LogP contribution >= 0.6 is 0 Å². The van der Waals surface area contributed by atoms with Crippen LogP contribution in [0, 0.1) is 5.82 Å². The van der Waals surface area contributed by atoms with Crippen molar-refractivity contribution in [3.8, 4) is 0 Å². The van der Waals surface area contributed by atoms with Gasteiger partial charge in [-0.25, -0.2) is 4.39 Å². The zero-order valence-corrected chi connectivity index (χ0v) is 9.52. The Hall–Kier alpha value is -1.14. The summed E-state index contributed by atoms with van der Waals surface area (Å²) in [6, 6.07) is 2.69. The van der Waals surface area contributed by atoms with Crippen LogP contribution in [0.2, 0.25) is 0 Å². The average Bonchev–Trinajstić information content (AvgIpc) is 2.28. The maximum Gasteiger partial charge on any atom is 0.419 e. The third-order valence-electron chi connectivity index (χ3n) is 3.24. The van der Waals surface area contributed by atoms with Crippen molar-refractivity contribution in [2.75, 3.05) is 13.1 Å². The molecule has 1 heterocycles. The molecule has 2 N–H and O–H groups in total. The van der Waals surface area contributed by atoms with Gasteiger partial charge in [0.1, 0.15) is 5.82 Å². The van der Waals surface area contributed by atoms with Crippen molar-refractivity contribution in [3.05, 3.63) is 35.1 Å². The van der Waals surface area contributed by atoms with Crippen molar-refractivity contribution >= 4 is 0 Å². The van der Waals surface area contributed by atoms with Gasteiger partial charge in [-0.15, -0.1) is 0 Å². The van der Waals surface area contributed by atoms with Crippen LogP contribution in [-0.2, 0) is 11.8 Å². The second-order valence-electron chi connectivity index (χ2n) is 4.47. The van der Waals surface area contributed by atoms with Crippen molar-refractivity contribution in [1.29, 1.82) is 0 Å². The van der Waals surface area contributed by atoms with Gasteiger partial charge in [0, 0.05) is 0 Å². The molecule has 0 atom stereocenters. The summed E-state index contributed by atoms with van der Waals surface area (Å²) in [5.74, 6) is -1.32. The minimum Gasteiger partial charge on any atom is -0.385 e. The van der Waals surface area contributed by atoms with Crippen LogP contribution in [0.3, 0.4) is 0 Å². The Morgan fingerprint density at radius 1 is 1.17 bits per heavy atom. The van der Waals surface area contributed by atoms with Crippen LogP contribution < -0.4 is 5.32 Å². The van der Waals surface area contributed by atoms with Crippen LogP contribution in [0.1, 0.15) is 24.0 Å². The van der Waals surface area contributed by atoms with E-state index in [4.69, 9.17) is 0 Å². The molecule has 0 aliphatic carbocycles. The molecule has 1 aliphatic rings. The van der Waals surface area contributed by atoms with Crippen LogP contribution in [-0.4, -0.2) is 18.2 Å². The SMILES string of the molecule is OC1(c2ccc(F)c(C(F)(F)F)c2)CCNCC1. The summed E-state index contributed by atoms with van der Waals surface area (Å²) in [6.45, 7) is 1.05. The molecule has 0 unspecified atom stereocenters. The summed E-state index contributed by atoms with van der Waals surface area (Å²) in [7, 11) is 0. The predicted molar refractivity (Wildman–Crippen MR) is 57.4 cm³/mol. The lowest BCUT2D eigenvalue weighted by Gasteiger charge is -2.33. The Kier molecular flexibility index (Phi) is 3.33. The molecule has 2 rings (SSSR count). The highest BCUT2D eigenvalue weighted by atomic mass is 19.4. The first-order chi connectivity index (χ1) is 8.33. The first kappa shape index (κ1) is 13.3. The van der Waals surface area contributed by atoms with Gasteiger partial charge in [-0.3, -0.25) is 0 Å². The lowest BCUT2D eigenvalue weighted by Crippen LogP contribution is -2.39. The fourth-order valence-electron chi connectivity index (χ4n) is 2.16. The molecule has 1 aromatic rings. The van der Waals surface area contributed by atoms with Gasteiger partial charge < -0.3 is 10.4 Å². The molecule has 2 nitrogen and oxygen atoms in total. The molecule has 0 bridgehead atoms. The molecular weight excluding hydrogens is 250 g/mol. The van der Waals surface area contributed by atoms with Gasteiger partial charge in [0.05, 0.1) is 11.2 Å². The van der Waals surface area contributed by atoms with E-state index in [1.807, 2.05) is 0 Å². The first-order valence-electron chi connectivity index (χ1n) is 5.63. The van der Waals surface area contributed by atoms with E-state index < -0.39 is 23.2 Å². The number of halogens is 4. The monoisotopic (exact) mass is 263 g/mol. The highest BCUT2D eigenvalue weighted by molar-refractivity contribution is 5.31. The summed E-state index contributed by atoms with van der Waals surface area (Å²) in [5.41, 5.74) is -2.51.